The molecule has 0 bridgehead atoms. The third-order valence-electron chi connectivity index (χ3n) is 12.0. The zero-order valence-electron chi connectivity index (χ0n) is 34.4. The van der Waals surface area contributed by atoms with Crippen LogP contribution in [0.4, 0.5) is 19.3 Å². The van der Waals surface area contributed by atoms with Gasteiger partial charge >= 0.3 is 6.09 Å². The number of nitrogens with one attached hydrogen (secondary N) is 4. The molecular formula is C44H49F2N9O6S. The number of rotatable bonds is 12. The van der Waals surface area contributed by atoms with Crippen LogP contribution in [0.25, 0.3) is 11.3 Å². The number of carbonyl (C=O) groups excluding carboxylic acids is 3. The van der Waals surface area contributed by atoms with Crippen LogP contribution >= 0.6 is 0 Å². The average Bonchev–Trinajstić information content (AvgIpc) is 4.12. The standard InChI is InChI=1S/C44H49F2N9O6S/c1-61-44(58)51-37(28-11-5-3-6-12-28)42(56)54-19-9-15-35(54)41-48-26-34(50-41)30-23-31(45)39(32(46)24-30)53-21-17-27(18-22-53)33-25-47-40(49-33)36-16-10-20-55(36)43(57)38(52-62(2,59)60)29-13-7-4-8-14-29/h3-8,11-14,23-27,35-38,52H,9-10,15-22H2,1-2H3,(H,47,49)(H,48,50)(H,51,58)/t35-,36-,37+,38+/m0/s1. The third kappa shape index (κ3) is 9.06. The van der Waals surface area contributed by atoms with Crippen LogP contribution in [0.15, 0.2) is 85.2 Å². The van der Waals surface area contributed by atoms with Gasteiger partial charge in [-0.15, -0.1) is 0 Å². The quantitative estimate of drug-likeness (QED) is 0.114. The number of piperidine rings is 1. The predicted octanol–water partition coefficient (Wildman–Crippen LogP) is 6.18. The molecule has 5 heterocycles. The molecule has 0 saturated carbocycles. The van der Waals surface area contributed by atoms with Gasteiger partial charge < -0.3 is 34.7 Å². The summed E-state index contributed by atoms with van der Waals surface area (Å²) in [7, 11) is -2.47. The molecule has 3 aliphatic rings. The van der Waals surface area contributed by atoms with Crippen molar-refractivity contribution >= 4 is 33.6 Å². The number of anilines is 1. The number of nitrogens with zero attached hydrogens (tertiary/aromatic N) is 5. The molecule has 0 unspecified atom stereocenters. The number of sulfonamides is 1. The van der Waals surface area contributed by atoms with Gasteiger partial charge in [-0.2, -0.15) is 4.72 Å². The van der Waals surface area contributed by atoms with Gasteiger partial charge in [-0.1, -0.05) is 60.7 Å². The molecule has 3 aromatic carbocycles. The van der Waals surface area contributed by atoms with E-state index >= 15 is 8.78 Å². The van der Waals surface area contributed by atoms with E-state index in [4.69, 9.17) is 4.74 Å². The van der Waals surface area contributed by atoms with Crippen molar-refractivity contribution in [2.75, 3.05) is 44.4 Å². The fraction of sp³-hybridized carbons (Fsp3) is 0.386. The molecule has 0 spiro atoms. The number of amides is 3. The average molecular weight is 870 g/mol. The highest BCUT2D eigenvalue weighted by Crippen LogP contribution is 2.38. The van der Waals surface area contributed by atoms with E-state index in [0.717, 1.165) is 18.4 Å². The second kappa shape index (κ2) is 18.1. The molecule has 3 amide bonds. The smallest absolute Gasteiger partial charge is 0.407 e. The minimum Gasteiger partial charge on any atom is -0.453 e. The Morgan fingerprint density at radius 1 is 0.758 bits per heavy atom. The first-order valence-electron chi connectivity index (χ1n) is 20.7. The second-order valence-corrected chi connectivity index (χ2v) is 17.8. The number of alkyl carbamates (subject to hydrolysis) is 1. The number of methoxy groups -OCH3 is 1. The molecule has 3 saturated heterocycles. The van der Waals surface area contributed by atoms with Crippen molar-refractivity contribution < 1.29 is 36.3 Å². The third-order valence-corrected chi connectivity index (χ3v) is 12.7. The van der Waals surface area contributed by atoms with Crippen LogP contribution in [0.2, 0.25) is 0 Å². The Morgan fingerprint density at radius 2 is 1.29 bits per heavy atom. The van der Waals surface area contributed by atoms with Crippen molar-refractivity contribution in [1.29, 1.82) is 0 Å². The first-order chi connectivity index (χ1) is 29.9. The Morgan fingerprint density at radius 3 is 1.85 bits per heavy atom. The molecule has 4 atom stereocenters. The van der Waals surface area contributed by atoms with Crippen molar-refractivity contribution in [3.8, 4) is 11.3 Å². The lowest BCUT2D eigenvalue weighted by Gasteiger charge is -2.33. The zero-order valence-corrected chi connectivity index (χ0v) is 35.2. The summed E-state index contributed by atoms with van der Waals surface area (Å²) in [5.41, 5.74) is 2.58. The van der Waals surface area contributed by atoms with Crippen LogP contribution in [-0.2, 0) is 24.3 Å². The Labute approximate surface area is 358 Å². The fourth-order valence-electron chi connectivity index (χ4n) is 9.01. The molecule has 5 aromatic rings. The number of imidazole rings is 2. The highest BCUT2D eigenvalue weighted by atomic mass is 32.2. The SMILES string of the molecule is COC(=O)N[C@@H](C(=O)N1CCC[C@H]1c1ncc(-c2cc(F)c(N3CCC(c4cnc([C@@H]5CCCN5C(=O)[C@H](NS(C)(=O)=O)c5ccccc5)[nH]4)CC3)c(F)c2)[nH]1)c1ccccc1. The van der Waals surface area contributed by atoms with Crippen molar-refractivity contribution in [3.63, 3.8) is 0 Å². The van der Waals surface area contributed by atoms with Gasteiger partial charge in [0.1, 0.15) is 41.1 Å². The molecule has 2 aromatic heterocycles. The van der Waals surface area contributed by atoms with Crippen LogP contribution in [0.3, 0.4) is 0 Å². The Kier molecular flexibility index (Phi) is 12.4. The van der Waals surface area contributed by atoms with E-state index in [1.54, 1.807) is 75.5 Å². The number of likely N-dealkylation sites (tertiary alicyclic amines) is 2. The fourth-order valence-corrected chi connectivity index (χ4v) is 9.67. The summed E-state index contributed by atoms with van der Waals surface area (Å²) in [5, 5.41) is 2.64. The lowest BCUT2D eigenvalue weighted by molar-refractivity contribution is -0.135. The first-order valence-corrected chi connectivity index (χ1v) is 22.6. The van der Waals surface area contributed by atoms with Crippen molar-refractivity contribution in [2.45, 2.75) is 68.6 Å². The van der Waals surface area contributed by atoms with Gasteiger partial charge in [-0.05, 0) is 61.8 Å². The number of carbonyl (C=O) groups is 3. The van der Waals surface area contributed by atoms with Crippen molar-refractivity contribution in [1.82, 2.24) is 39.8 Å². The highest BCUT2D eigenvalue weighted by Gasteiger charge is 2.39. The minimum atomic E-state index is -3.70. The Balaban J connectivity index is 0.917. The summed E-state index contributed by atoms with van der Waals surface area (Å²) >= 11 is 0. The maximum atomic E-state index is 15.9. The van der Waals surface area contributed by atoms with Crippen LogP contribution in [0.1, 0.15) is 97.1 Å². The topological polar surface area (TPSA) is 186 Å². The highest BCUT2D eigenvalue weighted by molar-refractivity contribution is 7.88. The molecule has 62 heavy (non-hydrogen) atoms. The van der Waals surface area contributed by atoms with E-state index in [9.17, 15) is 22.8 Å². The van der Waals surface area contributed by atoms with E-state index in [2.05, 4.69) is 30.0 Å². The summed E-state index contributed by atoms with van der Waals surface area (Å²) < 4.78 is 63.6. The monoisotopic (exact) mass is 869 g/mol. The van der Waals surface area contributed by atoms with Crippen LogP contribution in [0.5, 0.6) is 0 Å². The molecule has 8 rings (SSSR count). The lowest BCUT2D eigenvalue weighted by Crippen LogP contribution is -2.42. The number of aromatic nitrogens is 4. The summed E-state index contributed by atoms with van der Waals surface area (Å²) in [5.74, 6) is -0.968. The van der Waals surface area contributed by atoms with Gasteiger partial charge in [0.15, 0.2) is 0 Å². The molecule has 15 nitrogen and oxygen atoms in total. The Bertz CT molecular complexity index is 2490. The molecule has 326 valence electrons. The van der Waals surface area contributed by atoms with Crippen LogP contribution in [0, 0.1) is 11.6 Å². The summed E-state index contributed by atoms with van der Waals surface area (Å²) in [6, 6.07) is 17.4. The van der Waals surface area contributed by atoms with Crippen LogP contribution in [-0.4, -0.2) is 95.6 Å². The van der Waals surface area contributed by atoms with Gasteiger partial charge in [-0.3, -0.25) is 9.59 Å². The normalized spacial score (nSPS) is 19.4. The molecule has 4 N–H and O–H groups in total. The number of benzene rings is 3. The largest absolute Gasteiger partial charge is 0.453 e. The summed E-state index contributed by atoms with van der Waals surface area (Å²) in [6.07, 6.45) is 7.46. The van der Waals surface area contributed by atoms with Gasteiger partial charge in [-0.25, -0.2) is 32.0 Å². The minimum absolute atomic E-state index is 0.0390. The van der Waals surface area contributed by atoms with Gasteiger partial charge in [0.2, 0.25) is 15.9 Å². The van der Waals surface area contributed by atoms with Gasteiger partial charge in [0.05, 0.1) is 37.3 Å². The second-order valence-electron chi connectivity index (χ2n) is 16.0. The number of aromatic amines is 2. The molecule has 0 radical (unpaired) electrons. The number of H-pyrrole nitrogens is 2. The van der Waals surface area contributed by atoms with Gasteiger partial charge in [0.25, 0.3) is 5.91 Å². The van der Waals surface area contributed by atoms with E-state index in [-0.39, 0.29) is 35.0 Å². The van der Waals surface area contributed by atoms with E-state index in [1.165, 1.54) is 25.4 Å². The Hall–Kier alpha value is -6.14. The van der Waals surface area contributed by atoms with Gasteiger partial charge in [0, 0.05) is 49.6 Å². The molecule has 0 aliphatic carbocycles. The summed E-state index contributed by atoms with van der Waals surface area (Å²) in [4.78, 5) is 60.9. The molecule has 18 heteroatoms. The maximum Gasteiger partial charge on any atom is 0.407 e. The zero-order chi connectivity index (χ0) is 43.5. The van der Waals surface area contributed by atoms with Crippen LogP contribution < -0.4 is 14.9 Å². The lowest BCUT2D eigenvalue weighted by atomic mass is 9.93. The number of halogens is 2. The number of ether oxygens (including phenoxy) is 1. The van der Waals surface area contributed by atoms with E-state index in [0.29, 0.717) is 86.8 Å². The van der Waals surface area contributed by atoms with Crippen molar-refractivity contribution in [2.24, 2.45) is 0 Å². The number of hydrogen-bond donors (Lipinski definition) is 4. The number of hydrogen-bond acceptors (Lipinski definition) is 9. The molecule has 3 aliphatic heterocycles. The predicted molar refractivity (Wildman–Crippen MR) is 226 cm³/mol. The molecule has 3 fully saturated rings. The molecular weight excluding hydrogens is 821 g/mol. The van der Waals surface area contributed by atoms with E-state index in [1.807, 2.05) is 6.07 Å². The maximum absolute atomic E-state index is 15.9. The summed E-state index contributed by atoms with van der Waals surface area (Å²) in [6.45, 7) is 1.68. The van der Waals surface area contributed by atoms with E-state index < -0.39 is 45.9 Å². The van der Waals surface area contributed by atoms with Crippen molar-refractivity contribution in [3.05, 3.63) is 125 Å². The first kappa shape index (κ1) is 42.5.